The molecule has 0 aromatic carbocycles. The fourth-order valence-corrected chi connectivity index (χ4v) is 1.35. The lowest BCUT2D eigenvalue weighted by Crippen LogP contribution is -2.08. The molecule has 0 aliphatic rings. The lowest BCUT2D eigenvalue weighted by Gasteiger charge is -2.02. The molecule has 0 aliphatic carbocycles. The van der Waals surface area contributed by atoms with Gasteiger partial charge in [0.25, 0.3) is 0 Å². The summed E-state index contributed by atoms with van der Waals surface area (Å²) in [6, 6.07) is 3.58. The number of hydrogen-bond acceptors (Lipinski definition) is 8. The van der Waals surface area contributed by atoms with Crippen molar-refractivity contribution in [2.75, 3.05) is 11.9 Å². The zero-order valence-electron chi connectivity index (χ0n) is 8.69. The van der Waals surface area contributed by atoms with Gasteiger partial charge in [-0.15, -0.1) is 14.8 Å². The van der Waals surface area contributed by atoms with Gasteiger partial charge >= 0.3 is 0 Å². The molecule has 17 heavy (non-hydrogen) atoms. The predicted molar refractivity (Wildman–Crippen MR) is 55.1 cm³/mol. The molecule has 0 saturated heterocycles. The molecule has 3 aromatic heterocycles. The quantitative estimate of drug-likeness (QED) is 0.644. The van der Waals surface area contributed by atoms with E-state index >= 15 is 0 Å². The van der Waals surface area contributed by atoms with E-state index in [9.17, 15) is 0 Å². The molecule has 3 heterocycles. The van der Waals surface area contributed by atoms with Gasteiger partial charge in [-0.25, -0.2) is 0 Å². The second-order valence-corrected chi connectivity index (χ2v) is 3.26. The van der Waals surface area contributed by atoms with Crippen LogP contribution >= 0.6 is 0 Å². The maximum absolute atomic E-state index is 4.87. The highest BCUT2D eigenvalue weighted by Gasteiger charge is 2.01. The van der Waals surface area contributed by atoms with Crippen LogP contribution in [0, 0.1) is 0 Å². The summed E-state index contributed by atoms with van der Waals surface area (Å²) in [5, 5.41) is 21.8. The topological polar surface area (TPSA) is 107 Å². The van der Waals surface area contributed by atoms with E-state index in [0.717, 1.165) is 0 Å². The summed E-state index contributed by atoms with van der Waals surface area (Å²) in [5.74, 6) is 1.27. The first-order valence-corrected chi connectivity index (χ1v) is 4.97. The van der Waals surface area contributed by atoms with Crippen LogP contribution in [0.5, 0.6) is 0 Å². The molecule has 9 heteroatoms. The highest BCUT2D eigenvalue weighted by Crippen LogP contribution is 2.03. The van der Waals surface area contributed by atoms with Crippen LogP contribution in [0.3, 0.4) is 0 Å². The number of hydrogen-bond donors (Lipinski definition) is 1. The lowest BCUT2D eigenvalue weighted by atomic mass is 10.4. The standard InChI is InChI=1S/C8H8N8O/c1-2-7-12-14-15-16(7)13-6(1)9-4-3-8-10-5-11-17-8/h1-2,5H,3-4H2,(H,9,13). The highest BCUT2D eigenvalue weighted by molar-refractivity contribution is 5.41. The second kappa shape index (κ2) is 4.12. The summed E-state index contributed by atoms with van der Waals surface area (Å²) in [6.07, 6.45) is 2.01. The smallest absolute Gasteiger partial charge is 0.228 e. The third-order valence-electron chi connectivity index (χ3n) is 2.12. The lowest BCUT2D eigenvalue weighted by molar-refractivity contribution is 0.379. The van der Waals surface area contributed by atoms with Gasteiger partial charge in [0, 0.05) is 13.0 Å². The summed E-state index contributed by atoms with van der Waals surface area (Å²) < 4.78 is 6.23. The summed E-state index contributed by atoms with van der Waals surface area (Å²) in [4.78, 5) is 3.91. The number of rotatable bonds is 4. The molecule has 86 valence electrons. The molecule has 0 saturated carbocycles. The summed E-state index contributed by atoms with van der Waals surface area (Å²) in [7, 11) is 0. The molecule has 3 rings (SSSR count). The Bertz CT molecular complexity index is 603. The van der Waals surface area contributed by atoms with Crippen molar-refractivity contribution in [3.63, 3.8) is 0 Å². The van der Waals surface area contributed by atoms with E-state index in [4.69, 9.17) is 4.52 Å². The molecular weight excluding hydrogens is 224 g/mol. The van der Waals surface area contributed by atoms with E-state index in [2.05, 4.69) is 36.1 Å². The number of anilines is 1. The summed E-state index contributed by atoms with van der Waals surface area (Å²) in [5.41, 5.74) is 0.604. The minimum atomic E-state index is 0.584. The molecule has 0 fully saturated rings. The van der Waals surface area contributed by atoms with Gasteiger partial charge in [0.1, 0.15) is 5.82 Å². The first-order valence-electron chi connectivity index (χ1n) is 4.97. The summed E-state index contributed by atoms with van der Waals surface area (Å²) >= 11 is 0. The van der Waals surface area contributed by atoms with E-state index in [1.54, 1.807) is 12.1 Å². The van der Waals surface area contributed by atoms with Crippen LogP contribution in [-0.2, 0) is 6.42 Å². The zero-order valence-corrected chi connectivity index (χ0v) is 8.69. The Hall–Kier alpha value is -2.58. The number of aromatic nitrogens is 7. The number of nitrogens with zero attached hydrogens (tertiary/aromatic N) is 7. The average molecular weight is 232 g/mol. The summed E-state index contributed by atoms with van der Waals surface area (Å²) in [6.45, 7) is 0.642. The molecule has 1 N–H and O–H groups in total. The Morgan fingerprint density at radius 1 is 1.35 bits per heavy atom. The molecule has 0 radical (unpaired) electrons. The van der Waals surface area contributed by atoms with Gasteiger partial charge in [-0.05, 0) is 22.6 Å². The van der Waals surface area contributed by atoms with E-state index < -0.39 is 0 Å². The van der Waals surface area contributed by atoms with Gasteiger partial charge in [0.05, 0.1) is 0 Å². The van der Waals surface area contributed by atoms with Gasteiger partial charge in [-0.2, -0.15) is 4.98 Å². The van der Waals surface area contributed by atoms with E-state index in [-0.39, 0.29) is 0 Å². The monoisotopic (exact) mass is 232 g/mol. The van der Waals surface area contributed by atoms with E-state index in [1.165, 1.54) is 11.0 Å². The van der Waals surface area contributed by atoms with Crippen LogP contribution in [0.15, 0.2) is 23.0 Å². The highest BCUT2D eigenvalue weighted by atomic mass is 16.5. The van der Waals surface area contributed by atoms with Crippen LogP contribution in [0.4, 0.5) is 5.82 Å². The van der Waals surface area contributed by atoms with Crippen molar-refractivity contribution in [3.05, 3.63) is 24.4 Å². The first kappa shape index (κ1) is 9.63. The van der Waals surface area contributed by atoms with Crippen molar-refractivity contribution in [1.82, 2.24) is 35.4 Å². The van der Waals surface area contributed by atoms with Gasteiger partial charge < -0.3 is 9.84 Å². The third kappa shape index (κ3) is 2.02. The Morgan fingerprint density at radius 2 is 2.35 bits per heavy atom. The Labute approximate surface area is 94.8 Å². The Kier molecular flexibility index (Phi) is 2.33. The van der Waals surface area contributed by atoms with Gasteiger partial charge in [0.2, 0.25) is 5.89 Å². The molecule has 0 amide bonds. The molecule has 0 bridgehead atoms. The van der Waals surface area contributed by atoms with E-state index in [1.807, 2.05) is 0 Å². The maximum atomic E-state index is 4.87. The first-order chi connectivity index (χ1) is 8.42. The number of fused-ring (bicyclic) bond motifs is 1. The zero-order chi connectivity index (χ0) is 11.5. The van der Waals surface area contributed by atoms with Crippen molar-refractivity contribution in [3.8, 4) is 0 Å². The fourth-order valence-electron chi connectivity index (χ4n) is 1.35. The average Bonchev–Trinajstić information content (AvgIpc) is 2.98. The molecule has 9 nitrogen and oxygen atoms in total. The van der Waals surface area contributed by atoms with Crippen molar-refractivity contribution in [1.29, 1.82) is 0 Å². The van der Waals surface area contributed by atoms with Crippen LogP contribution in [0.1, 0.15) is 5.89 Å². The third-order valence-corrected chi connectivity index (χ3v) is 2.12. The predicted octanol–water partition coefficient (Wildman–Crippen LogP) is -0.443. The largest absolute Gasteiger partial charge is 0.368 e. The van der Waals surface area contributed by atoms with Crippen molar-refractivity contribution < 1.29 is 4.52 Å². The van der Waals surface area contributed by atoms with Gasteiger partial charge in [-0.1, -0.05) is 5.16 Å². The molecule has 0 unspecified atom stereocenters. The number of nitrogens with one attached hydrogen (secondary N) is 1. The van der Waals surface area contributed by atoms with Gasteiger partial charge in [-0.3, -0.25) is 0 Å². The molecular formula is C8H8N8O. The molecule has 0 spiro atoms. The van der Waals surface area contributed by atoms with Crippen molar-refractivity contribution >= 4 is 11.5 Å². The minimum Gasteiger partial charge on any atom is -0.368 e. The van der Waals surface area contributed by atoms with Crippen molar-refractivity contribution in [2.45, 2.75) is 6.42 Å². The fraction of sp³-hybridized carbons (Fsp3) is 0.250. The normalized spacial score (nSPS) is 10.8. The SMILES string of the molecule is c1noc(CCNc2ccc3nnnn3n2)n1. The number of tetrazole rings is 1. The van der Waals surface area contributed by atoms with Gasteiger partial charge in [0.15, 0.2) is 12.0 Å². The van der Waals surface area contributed by atoms with Crippen LogP contribution in [0.2, 0.25) is 0 Å². The maximum Gasteiger partial charge on any atom is 0.228 e. The Balaban J connectivity index is 1.64. The van der Waals surface area contributed by atoms with Crippen LogP contribution in [-0.4, -0.2) is 41.9 Å². The second-order valence-electron chi connectivity index (χ2n) is 3.26. The van der Waals surface area contributed by atoms with Crippen LogP contribution < -0.4 is 5.32 Å². The van der Waals surface area contributed by atoms with Crippen LogP contribution in [0.25, 0.3) is 5.65 Å². The molecule has 0 atom stereocenters. The van der Waals surface area contributed by atoms with Crippen molar-refractivity contribution in [2.24, 2.45) is 0 Å². The molecule has 0 aliphatic heterocycles. The minimum absolute atomic E-state index is 0.584. The Morgan fingerprint density at radius 3 is 3.24 bits per heavy atom. The van der Waals surface area contributed by atoms with E-state index in [0.29, 0.717) is 30.3 Å². The molecule has 3 aromatic rings.